The van der Waals surface area contributed by atoms with Crippen LogP contribution in [0.5, 0.6) is 0 Å². The van der Waals surface area contributed by atoms with Gasteiger partial charge in [0.25, 0.3) is 0 Å². The minimum Gasteiger partial charge on any atom is -0.481 e. The van der Waals surface area contributed by atoms with Gasteiger partial charge in [0.2, 0.25) is 5.91 Å². The Morgan fingerprint density at radius 2 is 1.52 bits per heavy atom. The van der Waals surface area contributed by atoms with Crippen molar-refractivity contribution in [2.24, 2.45) is 5.10 Å². The fourth-order valence-electron chi connectivity index (χ4n) is 4.38. The van der Waals surface area contributed by atoms with Gasteiger partial charge in [-0.3, -0.25) is 28.9 Å². The maximum Gasteiger partial charge on any atom is 0.428 e. The first-order valence-electron chi connectivity index (χ1n) is 16.4. The van der Waals surface area contributed by atoms with E-state index in [4.69, 9.17) is 14.3 Å². The zero-order valence-corrected chi connectivity index (χ0v) is 31.1. The molecule has 284 valence electrons. The average Bonchev–Trinajstić information content (AvgIpc) is 3.00. The maximum absolute atomic E-state index is 13.8. The van der Waals surface area contributed by atoms with Crippen LogP contribution in [-0.4, -0.2) is 82.9 Å². The number of hydrazone groups is 1. The fraction of sp³-hybridized carbons (Fsp3) is 0.472. The summed E-state index contributed by atoms with van der Waals surface area (Å²) in [6, 6.07) is 10.8. The highest BCUT2D eigenvalue weighted by molar-refractivity contribution is 6.04. The van der Waals surface area contributed by atoms with Crippen LogP contribution in [0, 0.1) is 0 Å². The molecule has 0 fully saturated rings. The summed E-state index contributed by atoms with van der Waals surface area (Å²) in [5.41, 5.74) is 3.98. The molecule has 0 bridgehead atoms. The molecule has 1 atom stereocenters. The van der Waals surface area contributed by atoms with Crippen molar-refractivity contribution in [2.75, 3.05) is 18.0 Å². The van der Waals surface area contributed by atoms with Crippen LogP contribution in [0.15, 0.2) is 53.6 Å². The molecule has 0 aliphatic heterocycles. The number of esters is 1. The van der Waals surface area contributed by atoms with Gasteiger partial charge in [-0.15, -0.1) is 0 Å². The Morgan fingerprint density at radius 1 is 0.885 bits per heavy atom. The second-order valence-electron chi connectivity index (χ2n) is 14.7. The largest absolute Gasteiger partial charge is 0.481 e. The Bertz CT molecular complexity index is 1600. The number of hydrogen-bond acceptors (Lipinski definition) is 11. The summed E-state index contributed by atoms with van der Waals surface area (Å²) in [4.78, 5) is 81.7. The lowest BCUT2D eigenvalue weighted by Gasteiger charge is -2.32. The molecule has 0 spiro atoms. The number of carbonyl (C=O) groups excluding carboxylic acids is 5. The number of urea groups is 1. The van der Waals surface area contributed by atoms with Crippen molar-refractivity contribution in [3.8, 4) is 0 Å². The molecular formula is C36H50N6O10. The van der Waals surface area contributed by atoms with Crippen LogP contribution < -0.4 is 26.4 Å². The van der Waals surface area contributed by atoms with Crippen LogP contribution >= 0.6 is 0 Å². The number of ether oxygens (including phenoxy) is 2. The summed E-state index contributed by atoms with van der Waals surface area (Å²) in [6.45, 7) is 14.6. The molecule has 5 N–H and O–H groups in total. The van der Waals surface area contributed by atoms with Gasteiger partial charge in [0.15, 0.2) is 5.78 Å². The molecule has 2 rings (SSSR count). The highest BCUT2D eigenvalue weighted by Crippen LogP contribution is 2.21. The van der Waals surface area contributed by atoms with Crippen LogP contribution in [0.1, 0.15) is 90.2 Å². The number of nitrogens with one attached hydrogen (secondary N) is 4. The van der Waals surface area contributed by atoms with Gasteiger partial charge in [0, 0.05) is 16.8 Å². The van der Waals surface area contributed by atoms with E-state index < -0.39 is 78.0 Å². The smallest absolute Gasteiger partial charge is 0.428 e. The topological polar surface area (TPSA) is 214 Å². The third-order valence-electron chi connectivity index (χ3n) is 6.30. The lowest BCUT2D eigenvalue weighted by atomic mass is 10.0. The number of hydrogen-bond donors (Lipinski definition) is 5. The van der Waals surface area contributed by atoms with E-state index in [-0.39, 0.29) is 17.9 Å². The Hall–Kier alpha value is -5.35. The average molecular weight is 727 g/mol. The van der Waals surface area contributed by atoms with E-state index in [2.05, 4.69) is 26.6 Å². The molecule has 0 saturated carbocycles. The number of carboxylic acids is 1. The summed E-state index contributed by atoms with van der Waals surface area (Å²) in [5.74, 6) is -3.19. The number of ketones is 1. The minimum absolute atomic E-state index is 0.00540. The van der Waals surface area contributed by atoms with Gasteiger partial charge in [-0.05, 0) is 85.6 Å². The third kappa shape index (κ3) is 17.0. The predicted octanol–water partition coefficient (Wildman–Crippen LogP) is 4.07. The number of amides is 4. The number of rotatable bonds is 15. The van der Waals surface area contributed by atoms with Crippen LogP contribution in [0.2, 0.25) is 0 Å². The molecule has 16 heteroatoms. The Balaban J connectivity index is 2.03. The van der Waals surface area contributed by atoms with E-state index in [0.29, 0.717) is 11.1 Å². The van der Waals surface area contributed by atoms with Gasteiger partial charge in [0.1, 0.15) is 17.7 Å². The second-order valence-corrected chi connectivity index (χ2v) is 14.7. The summed E-state index contributed by atoms with van der Waals surface area (Å²) in [7, 11) is 0. The van der Waals surface area contributed by atoms with Crippen molar-refractivity contribution in [1.29, 1.82) is 0 Å². The highest BCUT2D eigenvalue weighted by atomic mass is 16.7. The van der Waals surface area contributed by atoms with Crippen LogP contribution in [-0.2, 0) is 35.3 Å². The number of carboxylic acid groups (broad SMARTS) is 1. The lowest BCUT2D eigenvalue weighted by molar-refractivity contribution is -0.153. The monoisotopic (exact) mass is 726 g/mol. The first-order valence-corrected chi connectivity index (χ1v) is 16.4. The van der Waals surface area contributed by atoms with Gasteiger partial charge in [-0.25, -0.2) is 20.5 Å². The molecule has 0 heterocycles. The predicted molar refractivity (Wildman–Crippen MR) is 193 cm³/mol. The Kier molecular flexibility index (Phi) is 15.4. The minimum atomic E-state index is -1.22. The zero-order valence-electron chi connectivity index (χ0n) is 31.1. The quantitative estimate of drug-likeness (QED) is 0.0764. The molecule has 52 heavy (non-hydrogen) atoms. The summed E-state index contributed by atoms with van der Waals surface area (Å²) >= 11 is 0. The molecule has 0 aromatic heterocycles. The van der Waals surface area contributed by atoms with Crippen molar-refractivity contribution in [3.63, 3.8) is 0 Å². The zero-order chi connectivity index (χ0) is 39.3. The second kappa shape index (κ2) is 18.8. The number of aliphatic carboxylic acids is 1. The van der Waals surface area contributed by atoms with Gasteiger partial charge >= 0.3 is 24.1 Å². The molecule has 0 unspecified atom stereocenters. The molecular weight excluding hydrogens is 676 g/mol. The number of Topliss-reactive ketones (excluding diaryl/α,β-unsaturated/α-hetero) is 1. The van der Waals surface area contributed by atoms with E-state index in [1.807, 2.05) is 0 Å². The fourth-order valence-corrected chi connectivity index (χ4v) is 4.38. The number of benzene rings is 2. The first-order chi connectivity index (χ1) is 24.0. The van der Waals surface area contributed by atoms with Crippen LogP contribution in [0.4, 0.5) is 15.3 Å². The lowest BCUT2D eigenvalue weighted by Crippen LogP contribution is -2.54. The summed E-state index contributed by atoms with van der Waals surface area (Å²) in [6.07, 6.45) is 0.193. The SMILES string of the molecule is CC(C)(C)N[C@@H](CC(=O)O)C(=O)N(CC(=O)OC(C)(C)C)c1cccc(C(=O)CNC(=O)NOCc2ccc(C=NNC(=O)OC(C)(C)C)cc2)c1. The van der Waals surface area contributed by atoms with E-state index in [9.17, 15) is 33.9 Å². The molecule has 0 saturated heterocycles. The van der Waals surface area contributed by atoms with Crippen molar-refractivity contribution >= 4 is 47.7 Å². The number of carbonyl (C=O) groups is 6. The Labute approximate surface area is 303 Å². The van der Waals surface area contributed by atoms with Gasteiger partial charge in [-0.1, -0.05) is 36.4 Å². The van der Waals surface area contributed by atoms with Crippen molar-refractivity contribution < 1.29 is 48.2 Å². The molecule has 0 radical (unpaired) electrons. The van der Waals surface area contributed by atoms with Crippen LogP contribution in [0.3, 0.4) is 0 Å². The first kappa shape index (κ1) is 42.8. The highest BCUT2D eigenvalue weighted by Gasteiger charge is 2.33. The van der Waals surface area contributed by atoms with Crippen LogP contribution in [0.25, 0.3) is 0 Å². The van der Waals surface area contributed by atoms with Crippen molar-refractivity contribution in [1.82, 2.24) is 21.5 Å². The van der Waals surface area contributed by atoms with E-state index in [1.54, 1.807) is 86.6 Å². The molecule has 4 amide bonds. The number of anilines is 1. The van der Waals surface area contributed by atoms with E-state index in [0.717, 1.165) is 4.90 Å². The summed E-state index contributed by atoms with van der Waals surface area (Å²) < 4.78 is 10.5. The molecule has 0 aliphatic carbocycles. The van der Waals surface area contributed by atoms with Crippen molar-refractivity contribution in [3.05, 3.63) is 65.2 Å². The third-order valence-corrected chi connectivity index (χ3v) is 6.30. The normalized spacial score (nSPS) is 12.4. The van der Waals surface area contributed by atoms with Gasteiger partial charge in [-0.2, -0.15) is 5.10 Å². The maximum atomic E-state index is 13.8. The van der Waals surface area contributed by atoms with Gasteiger partial charge in [0.05, 0.1) is 31.8 Å². The number of nitrogens with zero attached hydrogens (tertiary/aromatic N) is 2. The molecule has 2 aromatic carbocycles. The van der Waals surface area contributed by atoms with E-state index in [1.165, 1.54) is 30.5 Å². The molecule has 16 nitrogen and oxygen atoms in total. The molecule has 0 aliphatic rings. The Morgan fingerprint density at radius 3 is 2.10 bits per heavy atom. The van der Waals surface area contributed by atoms with E-state index >= 15 is 0 Å². The van der Waals surface area contributed by atoms with Crippen molar-refractivity contribution in [2.45, 2.75) is 98.1 Å². The molecule has 2 aromatic rings. The van der Waals surface area contributed by atoms with Gasteiger partial charge < -0.3 is 25.2 Å². The summed E-state index contributed by atoms with van der Waals surface area (Å²) in [5, 5.41) is 18.7. The number of hydroxylamine groups is 1. The standard InChI is InChI=1S/C36H50N6O10/c1-34(2,3)39-27(18-29(44)45)31(47)42(21-30(46)51-35(4,5)6)26-12-10-11-25(17-26)28(43)20-37-32(48)41-50-22-24-15-13-23(14-16-24)19-38-40-33(49)52-36(7,8)9/h10-17,19,27,39H,18,20-22H2,1-9H3,(H,40,49)(H,44,45)(H2,37,41,48)/t27-/m0/s1.